The lowest BCUT2D eigenvalue weighted by atomic mass is 10.1. The molecule has 118 valence electrons. The van der Waals surface area contributed by atoms with Crippen molar-refractivity contribution in [3.05, 3.63) is 58.9 Å². The second-order valence-corrected chi connectivity index (χ2v) is 5.25. The second-order valence-electron chi connectivity index (χ2n) is 4.81. The third-order valence-corrected chi connectivity index (χ3v) is 3.40. The van der Waals surface area contributed by atoms with Crippen LogP contribution in [0.15, 0.2) is 46.9 Å². The third-order valence-electron chi connectivity index (χ3n) is 3.16. The summed E-state index contributed by atoms with van der Waals surface area (Å²) in [7, 11) is 1.57. The van der Waals surface area contributed by atoms with Gasteiger partial charge in [0.05, 0.1) is 19.2 Å². The van der Waals surface area contributed by atoms with Gasteiger partial charge in [-0.2, -0.15) is 0 Å². The average molecular weight is 332 g/mol. The molecule has 2 aromatic carbocycles. The molecule has 3 rings (SSSR count). The van der Waals surface area contributed by atoms with E-state index in [1.54, 1.807) is 49.6 Å². The molecule has 3 aromatic rings. The predicted molar refractivity (Wildman–Crippen MR) is 86.5 cm³/mol. The standard InChI is InChI=1S/C16H14ClN3O3/c1-22-14-7-4-11(17)9-13(14)18-16-20-19-15(23-16)8-10-2-5-12(21)6-3-10/h2-7,9,21H,8H2,1H3,(H,18,20). The number of methoxy groups -OCH3 is 1. The maximum absolute atomic E-state index is 9.28. The normalized spacial score (nSPS) is 10.5. The summed E-state index contributed by atoms with van der Waals surface area (Å²) in [6.07, 6.45) is 0.474. The number of anilines is 2. The van der Waals surface area contributed by atoms with Gasteiger partial charge >= 0.3 is 6.01 Å². The van der Waals surface area contributed by atoms with E-state index in [2.05, 4.69) is 15.5 Å². The molecule has 7 heteroatoms. The summed E-state index contributed by atoms with van der Waals surface area (Å²) in [5, 5.41) is 20.8. The number of hydrogen-bond acceptors (Lipinski definition) is 6. The van der Waals surface area contributed by atoms with E-state index in [1.807, 2.05) is 0 Å². The zero-order valence-corrected chi connectivity index (χ0v) is 13.0. The molecule has 0 aliphatic rings. The van der Waals surface area contributed by atoms with Gasteiger partial charge in [0.15, 0.2) is 0 Å². The van der Waals surface area contributed by atoms with Gasteiger partial charge in [0.1, 0.15) is 11.5 Å². The minimum atomic E-state index is 0.217. The number of benzene rings is 2. The monoisotopic (exact) mass is 331 g/mol. The molecular weight excluding hydrogens is 318 g/mol. The number of phenolic OH excluding ortho intramolecular Hbond substituents is 1. The maximum atomic E-state index is 9.28. The number of aromatic nitrogens is 2. The first kappa shape index (κ1) is 15.2. The van der Waals surface area contributed by atoms with Gasteiger partial charge in [-0.15, -0.1) is 5.10 Å². The Labute approximate surface area is 137 Å². The fourth-order valence-electron chi connectivity index (χ4n) is 2.06. The molecule has 0 fully saturated rings. The highest BCUT2D eigenvalue weighted by Gasteiger charge is 2.10. The number of nitrogens with zero attached hydrogens (tertiary/aromatic N) is 2. The summed E-state index contributed by atoms with van der Waals surface area (Å²) in [5.74, 6) is 1.29. The van der Waals surface area contributed by atoms with Crippen molar-refractivity contribution in [3.63, 3.8) is 0 Å². The van der Waals surface area contributed by atoms with Crippen LogP contribution in [0.2, 0.25) is 5.02 Å². The van der Waals surface area contributed by atoms with Gasteiger partial charge in [0.25, 0.3) is 0 Å². The van der Waals surface area contributed by atoms with Gasteiger partial charge in [0, 0.05) is 5.02 Å². The topological polar surface area (TPSA) is 80.4 Å². The molecule has 0 radical (unpaired) electrons. The lowest BCUT2D eigenvalue weighted by Crippen LogP contribution is -1.94. The summed E-state index contributed by atoms with van der Waals surface area (Å²) in [4.78, 5) is 0. The van der Waals surface area contributed by atoms with E-state index in [1.165, 1.54) is 0 Å². The van der Waals surface area contributed by atoms with E-state index >= 15 is 0 Å². The van der Waals surface area contributed by atoms with E-state index in [0.29, 0.717) is 28.8 Å². The van der Waals surface area contributed by atoms with Crippen molar-refractivity contribution in [1.29, 1.82) is 0 Å². The van der Waals surface area contributed by atoms with Crippen molar-refractivity contribution in [2.24, 2.45) is 0 Å². The van der Waals surface area contributed by atoms with Crippen LogP contribution in [-0.2, 0) is 6.42 Å². The number of hydrogen-bond donors (Lipinski definition) is 2. The first-order valence-corrected chi connectivity index (χ1v) is 7.22. The Hall–Kier alpha value is -2.73. The highest BCUT2D eigenvalue weighted by molar-refractivity contribution is 6.30. The number of phenols is 1. The van der Waals surface area contributed by atoms with Gasteiger partial charge in [-0.1, -0.05) is 28.8 Å². The Kier molecular flexibility index (Phi) is 4.34. The fourth-order valence-corrected chi connectivity index (χ4v) is 2.23. The van der Waals surface area contributed by atoms with E-state index in [9.17, 15) is 5.11 Å². The molecule has 0 amide bonds. The van der Waals surface area contributed by atoms with E-state index in [0.717, 1.165) is 5.56 Å². The molecule has 0 bridgehead atoms. The number of halogens is 1. The third kappa shape index (κ3) is 3.73. The van der Waals surface area contributed by atoms with Crippen molar-refractivity contribution in [3.8, 4) is 11.5 Å². The number of ether oxygens (including phenoxy) is 1. The first-order valence-electron chi connectivity index (χ1n) is 6.85. The average Bonchev–Trinajstić information content (AvgIpc) is 2.97. The SMILES string of the molecule is COc1ccc(Cl)cc1Nc1nnc(Cc2ccc(O)cc2)o1. The van der Waals surface area contributed by atoms with Crippen molar-refractivity contribution >= 4 is 23.3 Å². The minimum absolute atomic E-state index is 0.217. The lowest BCUT2D eigenvalue weighted by Gasteiger charge is -2.08. The van der Waals surface area contributed by atoms with Crippen molar-refractivity contribution < 1.29 is 14.3 Å². The van der Waals surface area contributed by atoms with Crippen molar-refractivity contribution in [2.45, 2.75) is 6.42 Å². The zero-order valence-electron chi connectivity index (χ0n) is 12.3. The highest BCUT2D eigenvalue weighted by Crippen LogP contribution is 2.30. The molecular formula is C16H14ClN3O3. The molecule has 0 atom stereocenters. The maximum Gasteiger partial charge on any atom is 0.320 e. The van der Waals surface area contributed by atoms with Gasteiger partial charge in [-0.25, -0.2) is 0 Å². The lowest BCUT2D eigenvalue weighted by molar-refractivity contribution is 0.416. The Balaban J connectivity index is 1.74. The molecule has 2 N–H and O–H groups in total. The first-order chi connectivity index (χ1) is 11.1. The van der Waals surface area contributed by atoms with Crippen LogP contribution in [-0.4, -0.2) is 22.4 Å². The van der Waals surface area contributed by atoms with Crippen LogP contribution in [0.25, 0.3) is 0 Å². The smallest absolute Gasteiger partial charge is 0.320 e. The molecule has 0 spiro atoms. The summed E-state index contributed by atoms with van der Waals surface area (Å²) >= 11 is 5.98. The molecule has 1 aromatic heterocycles. The van der Waals surface area contributed by atoms with E-state index in [-0.39, 0.29) is 11.8 Å². The van der Waals surface area contributed by atoms with Crippen LogP contribution in [0.3, 0.4) is 0 Å². The number of rotatable bonds is 5. The Morgan fingerprint density at radius 3 is 2.70 bits per heavy atom. The second kappa shape index (κ2) is 6.58. The molecule has 6 nitrogen and oxygen atoms in total. The molecule has 0 saturated carbocycles. The highest BCUT2D eigenvalue weighted by atomic mass is 35.5. The Morgan fingerprint density at radius 1 is 1.17 bits per heavy atom. The summed E-state index contributed by atoms with van der Waals surface area (Å²) in [5.41, 5.74) is 1.60. The van der Waals surface area contributed by atoms with E-state index in [4.69, 9.17) is 20.8 Å². The molecule has 1 heterocycles. The van der Waals surface area contributed by atoms with Crippen LogP contribution in [0.5, 0.6) is 11.5 Å². The molecule has 0 aliphatic heterocycles. The summed E-state index contributed by atoms with van der Waals surface area (Å²) in [6.45, 7) is 0. The zero-order chi connectivity index (χ0) is 16.2. The van der Waals surface area contributed by atoms with Gasteiger partial charge < -0.3 is 19.6 Å². The van der Waals surface area contributed by atoms with Gasteiger partial charge in [-0.3, -0.25) is 0 Å². The minimum Gasteiger partial charge on any atom is -0.508 e. The number of aromatic hydroxyl groups is 1. The van der Waals surface area contributed by atoms with Crippen LogP contribution in [0, 0.1) is 0 Å². The van der Waals surface area contributed by atoms with Crippen LogP contribution in [0.4, 0.5) is 11.7 Å². The fraction of sp³-hybridized carbons (Fsp3) is 0.125. The van der Waals surface area contributed by atoms with E-state index < -0.39 is 0 Å². The molecule has 23 heavy (non-hydrogen) atoms. The van der Waals surface area contributed by atoms with Crippen molar-refractivity contribution in [2.75, 3.05) is 12.4 Å². The summed E-state index contributed by atoms with van der Waals surface area (Å²) in [6, 6.07) is 12.3. The molecule has 0 unspecified atom stereocenters. The molecule has 0 saturated heterocycles. The largest absolute Gasteiger partial charge is 0.508 e. The predicted octanol–water partition coefficient (Wildman–Crippen LogP) is 3.77. The Bertz CT molecular complexity index is 803. The quantitative estimate of drug-likeness (QED) is 0.740. The number of nitrogens with one attached hydrogen (secondary N) is 1. The Morgan fingerprint density at radius 2 is 1.96 bits per heavy atom. The van der Waals surface area contributed by atoms with Crippen LogP contribution in [0.1, 0.15) is 11.5 Å². The van der Waals surface area contributed by atoms with Crippen molar-refractivity contribution in [1.82, 2.24) is 10.2 Å². The van der Waals surface area contributed by atoms with Gasteiger partial charge in [0.2, 0.25) is 5.89 Å². The van der Waals surface area contributed by atoms with Crippen LogP contribution >= 0.6 is 11.6 Å². The van der Waals surface area contributed by atoms with Gasteiger partial charge in [-0.05, 0) is 35.9 Å². The molecule has 0 aliphatic carbocycles. The van der Waals surface area contributed by atoms with Crippen LogP contribution < -0.4 is 10.1 Å². The summed E-state index contributed by atoms with van der Waals surface area (Å²) < 4.78 is 10.8.